The van der Waals surface area contributed by atoms with Crippen LogP contribution in [0.3, 0.4) is 0 Å². The summed E-state index contributed by atoms with van der Waals surface area (Å²) in [5.41, 5.74) is 7.27. The molecule has 0 bridgehead atoms. The number of piperidine rings is 1. The minimum absolute atomic E-state index is 0.292. The van der Waals surface area contributed by atoms with E-state index in [0.29, 0.717) is 17.3 Å². The summed E-state index contributed by atoms with van der Waals surface area (Å²) in [6.07, 6.45) is 7.71. The molecule has 27 heavy (non-hydrogen) atoms. The molecule has 1 amide bonds. The Labute approximate surface area is 158 Å². The second kappa shape index (κ2) is 7.61. The summed E-state index contributed by atoms with van der Waals surface area (Å²) in [6, 6.07) is 13.9. The van der Waals surface area contributed by atoms with E-state index in [0.717, 1.165) is 38.3 Å². The first-order chi connectivity index (χ1) is 13.2. The molecule has 0 spiro atoms. The van der Waals surface area contributed by atoms with Gasteiger partial charge in [0.1, 0.15) is 11.6 Å². The molecule has 1 aliphatic rings. The molecule has 3 aromatic rings. The van der Waals surface area contributed by atoms with Crippen LogP contribution in [0.5, 0.6) is 0 Å². The van der Waals surface area contributed by atoms with Gasteiger partial charge in [0.2, 0.25) is 0 Å². The summed E-state index contributed by atoms with van der Waals surface area (Å²) in [4.78, 5) is 23.0. The number of anilines is 1. The molecule has 138 valence electrons. The lowest BCUT2D eigenvalue weighted by molar-refractivity contribution is 0.100. The molecule has 1 aliphatic heterocycles. The summed E-state index contributed by atoms with van der Waals surface area (Å²) < 4.78 is 2.22. The van der Waals surface area contributed by atoms with Crippen molar-refractivity contribution in [1.82, 2.24) is 14.5 Å². The number of imidazole rings is 1. The van der Waals surface area contributed by atoms with Crippen LogP contribution in [0.2, 0.25) is 0 Å². The third kappa shape index (κ3) is 3.69. The third-order valence-corrected chi connectivity index (χ3v) is 5.08. The molecule has 0 unspecified atom stereocenters. The topological polar surface area (TPSA) is 77.0 Å². The van der Waals surface area contributed by atoms with Crippen molar-refractivity contribution in [3.05, 3.63) is 78.0 Å². The molecule has 1 saturated heterocycles. The zero-order valence-corrected chi connectivity index (χ0v) is 15.2. The van der Waals surface area contributed by atoms with Crippen LogP contribution in [0.1, 0.15) is 40.5 Å². The summed E-state index contributed by atoms with van der Waals surface area (Å²) >= 11 is 0. The van der Waals surface area contributed by atoms with Gasteiger partial charge in [-0.2, -0.15) is 0 Å². The SMILES string of the molecule is NC(=O)c1cccnc1N1CCC[C@H](c2nccn2Cc2ccccc2)C1. The zero-order chi connectivity index (χ0) is 18.6. The fourth-order valence-electron chi connectivity index (χ4n) is 3.82. The molecule has 4 rings (SSSR count). The van der Waals surface area contributed by atoms with Crippen LogP contribution in [0.4, 0.5) is 5.82 Å². The molecular formula is C21H23N5O. The number of aromatic nitrogens is 3. The summed E-state index contributed by atoms with van der Waals surface area (Å²) in [5, 5.41) is 0. The molecule has 6 heteroatoms. The van der Waals surface area contributed by atoms with Gasteiger partial charge in [0.25, 0.3) is 5.91 Å². The van der Waals surface area contributed by atoms with Crippen molar-refractivity contribution in [2.45, 2.75) is 25.3 Å². The van der Waals surface area contributed by atoms with Gasteiger partial charge in [0, 0.05) is 44.1 Å². The molecule has 6 nitrogen and oxygen atoms in total. The first-order valence-electron chi connectivity index (χ1n) is 9.27. The van der Waals surface area contributed by atoms with Crippen LogP contribution < -0.4 is 10.6 Å². The number of amides is 1. The van der Waals surface area contributed by atoms with Gasteiger partial charge in [-0.3, -0.25) is 4.79 Å². The van der Waals surface area contributed by atoms with E-state index in [9.17, 15) is 4.79 Å². The highest BCUT2D eigenvalue weighted by Crippen LogP contribution is 2.30. The van der Waals surface area contributed by atoms with Crippen LogP contribution >= 0.6 is 0 Å². The van der Waals surface area contributed by atoms with Gasteiger partial charge in [-0.25, -0.2) is 9.97 Å². The van der Waals surface area contributed by atoms with Crippen LogP contribution in [-0.4, -0.2) is 33.5 Å². The largest absolute Gasteiger partial charge is 0.365 e. The highest BCUT2D eigenvalue weighted by Gasteiger charge is 2.27. The first-order valence-corrected chi connectivity index (χ1v) is 9.27. The van der Waals surface area contributed by atoms with Gasteiger partial charge in [0.15, 0.2) is 0 Å². The van der Waals surface area contributed by atoms with Crippen molar-refractivity contribution >= 4 is 11.7 Å². The lowest BCUT2D eigenvalue weighted by Crippen LogP contribution is -2.37. The molecule has 0 saturated carbocycles. The molecule has 0 radical (unpaired) electrons. The minimum atomic E-state index is -0.439. The molecule has 1 atom stereocenters. The molecule has 1 fully saturated rings. The van der Waals surface area contributed by atoms with E-state index in [1.54, 1.807) is 18.3 Å². The van der Waals surface area contributed by atoms with E-state index in [-0.39, 0.29) is 0 Å². The predicted octanol–water partition coefficient (Wildman–Crippen LogP) is 2.81. The number of carbonyl (C=O) groups is 1. The highest BCUT2D eigenvalue weighted by atomic mass is 16.1. The second-order valence-electron chi connectivity index (χ2n) is 6.92. The average molecular weight is 361 g/mol. The summed E-state index contributed by atoms with van der Waals surface area (Å²) in [6.45, 7) is 2.46. The number of pyridine rings is 1. The van der Waals surface area contributed by atoms with E-state index in [4.69, 9.17) is 5.73 Å². The first kappa shape index (κ1) is 17.3. The number of nitrogens with zero attached hydrogens (tertiary/aromatic N) is 4. The fourth-order valence-corrected chi connectivity index (χ4v) is 3.82. The van der Waals surface area contributed by atoms with Crippen molar-refractivity contribution in [1.29, 1.82) is 0 Å². The van der Waals surface area contributed by atoms with E-state index in [1.807, 2.05) is 18.5 Å². The number of rotatable bonds is 5. The summed E-state index contributed by atoms with van der Waals surface area (Å²) in [5.74, 6) is 1.61. The molecule has 2 aromatic heterocycles. The number of primary amides is 1. The van der Waals surface area contributed by atoms with E-state index in [2.05, 4.69) is 43.7 Å². The Bertz CT molecular complexity index is 921. The lowest BCUT2D eigenvalue weighted by Gasteiger charge is -2.34. The van der Waals surface area contributed by atoms with Gasteiger partial charge in [0.05, 0.1) is 5.56 Å². The standard InChI is InChI=1S/C21H23N5O/c22-19(27)18-9-4-10-23-21(18)25-12-5-8-17(15-25)20-24-11-13-26(20)14-16-6-2-1-3-7-16/h1-4,6-7,9-11,13,17H,5,8,12,14-15H2,(H2,22,27)/t17-/m0/s1. The van der Waals surface area contributed by atoms with Gasteiger partial charge in [-0.05, 0) is 30.5 Å². The highest BCUT2D eigenvalue weighted by molar-refractivity contribution is 5.97. The number of hydrogen-bond acceptors (Lipinski definition) is 4. The van der Waals surface area contributed by atoms with E-state index in [1.165, 1.54) is 5.56 Å². The number of carbonyl (C=O) groups excluding carboxylic acids is 1. The normalized spacial score (nSPS) is 17.0. The smallest absolute Gasteiger partial charge is 0.252 e. The minimum Gasteiger partial charge on any atom is -0.365 e. The molecule has 2 N–H and O–H groups in total. The molecule has 1 aromatic carbocycles. The fraction of sp³-hybridized carbons (Fsp3) is 0.286. The lowest BCUT2D eigenvalue weighted by atomic mass is 9.96. The van der Waals surface area contributed by atoms with Crippen LogP contribution in [0.15, 0.2) is 61.1 Å². The van der Waals surface area contributed by atoms with Crippen molar-refractivity contribution in [3.63, 3.8) is 0 Å². The second-order valence-corrected chi connectivity index (χ2v) is 6.92. The Morgan fingerprint density at radius 3 is 2.78 bits per heavy atom. The average Bonchev–Trinajstić information content (AvgIpc) is 3.17. The Morgan fingerprint density at radius 1 is 1.11 bits per heavy atom. The number of benzene rings is 1. The van der Waals surface area contributed by atoms with E-state index >= 15 is 0 Å². The molecule has 3 heterocycles. The van der Waals surface area contributed by atoms with Crippen LogP contribution in [-0.2, 0) is 6.54 Å². The Balaban J connectivity index is 1.56. The predicted molar refractivity (Wildman–Crippen MR) is 105 cm³/mol. The molecule has 0 aliphatic carbocycles. The van der Waals surface area contributed by atoms with Gasteiger partial charge >= 0.3 is 0 Å². The van der Waals surface area contributed by atoms with Gasteiger partial charge in [-0.1, -0.05) is 30.3 Å². The number of hydrogen-bond donors (Lipinski definition) is 1. The Kier molecular flexibility index (Phi) is 4.87. The zero-order valence-electron chi connectivity index (χ0n) is 15.2. The van der Waals surface area contributed by atoms with Gasteiger partial charge < -0.3 is 15.2 Å². The van der Waals surface area contributed by atoms with Crippen molar-refractivity contribution in [2.24, 2.45) is 5.73 Å². The van der Waals surface area contributed by atoms with Crippen molar-refractivity contribution < 1.29 is 4.79 Å². The van der Waals surface area contributed by atoms with Crippen molar-refractivity contribution in [2.75, 3.05) is 18.0 Å². The molecular weight excluding hydrogens is 338 g/mol. The monoisotopic (exact) mass is 361 g/mol. The quantitative estimate of drug-likeness (QED) is 0.758. The third-order valence-electron chi connectivity index (χ3n) is 5.08. The van der Waals surface area contributed by atoms with Gasteiger partial charge in [-0.15, -0.1) is 0 Å². The van der Waals surface area contributed by atoms with Crippen molar-refractivity contribution in [3.8, 4) is 0 Å². The summed E-state index contributed by atoms with van der Waals surface area (Å²) in [7, 11) is 0. The maximum absolute atomic E-state index is 11.8. The number of nitrogens with two attached hydrogens (primary N) is 1. The maximum Gasteiger partial charge on any atom is 0.252 e. The van der Waals surface area contributed by atoms with Crippen LogP contribution in [0.25, 0.3) is 0 Å². The Hall–Kier alpha value is -3.15. The van der Waals surface area contributed by atoms with E-state index < -0.39 is 5.91 Å². The van der Waals surface area contributed by atoms with Crippen LogP contribution in [0, 0.1) is 0 Å². The maximum atomic E-state index is 11.8. The Morgan fingerprint density at radius 2 is 1.96 bits per heavy atom.